The molecule has 6 nitrogen and oxygen atoms in total. The van der Waals surface area contributed by atoms with Gasteiger partial charge in [0.1, 0.15) is 0 Å². The molecule has 0 aromatic carbocycles. The first-order valence-electron chi connectivity index (χ1n) is 5.81. The van der Waals surface area contributed by atoms with Crippen molar-refractivity contribution >= 4 is 11.5 Å². The molecule has 1 aliphatic rings. The van der Waals surface area contributed by atoms with Gasteiger partial charge in [0.05, 0.1) is 26.0 Å². The number of hydrogen-bond donors (Lipinski definition) is 2. The van der Waals surface area contributed by atoms with E-state index in [4.69, 9.17) is 25.7 Å². The Morgan fingerprint density at radius 3 is 2.50 bits per heavy atom. The van der Waals surface area contributed by atoms with Gasteiger partial charge in [-0.1, -0.05) is 0 Å². The molecule has 0 spiro atoms. The zero-order valence-corrected chi connectivity index (χ0v) is 10.9. The van der Waals surface area contributed by atoms with Gasteiger partial charge in [0.25, 0.3) is 0 Å². The van der Waals surface area contributed by atoms with Crippen LogP contribution < -0.4 is 16.2 Å². The van der Waals surface area contributed by atoms with Crippen LogP contribution in [0.15, 0.2) is 6.07 Å². The van der Waals surface area contributed by atoms with Crippen molar-refractivity contribution in [1.29, 1.82) is 0 Å². The highest BCUT2D eigenvalue weighted by atomic mass is 16.7. The number of aromatic nitrogens is 1. The molecule has 2 heterocycles. The summed E-state index contributed by atoms with van der Waals surface area (Å²) >= 11 is 0. The first-order chi connectivity index (χ1) is 8.43. The molecule has 0 bridgehead atoms. The third-order valence-corrected chi connectivity index (χ3v) is 3.01. The fourth-order valence-corrected chi connectivity index (χ4v) is 1.88. The Bertz CT molecular complexity index is 438. The molecule has 0 unspecified atom stereocenters. The van der Waals surface area contributed by atoms with Crippen molar-refractivity contribution in [3.8, 4) is 5.88 Å². The van der Waals surface area contributed by atoms with E-state index in [1.54, 1.807) is 13.2 Å². The second-order valence-electron chi connectivity index (χ2n) is 4.77. The highest BCUT2D eigenvalue weighted by Crippen LogP contribution is 2.34. The van der Waals surface area contributed by atoms with Crippen molar-refractivity contribution in [3.05, 3.63) is 11.6 Å². The van der Waals surface area contributed by atoms with E-state index in [0.29, 0.717) is 24.8 Å². The number of nitrogen functional groups attached to an aromatic ring is 2. The molecule has 1 fully saturated rings. The summed E-state index contributed by atoms with van der Waals surface area (Å²) in [5.41, 5.74) is 13.0. The Hall–Kier alpha value is -1.53. The normalized spacial score (nSPS) is 19.7. The Morgan fingerprint density at radius 1 is 1.33 bits per heavy atom. The van der Waals surface area contributed by atoms with Crippen LogP contribution in [0.2, 0.25) is 0 Å². The van der Waals surface area contributed by atoms with Crippen LogP contribution in [0.3, 0.4) is 0 Å². The van der Waals surface area contributed by atoms with Gasteiger partial charge in [-0.3, -0.25) is 0 Å². The van der Waals surface area contributed by atoms with E-state index in [1.165, 1.54) is 0 Å². The van der Waals surface area contributed by atoms with Crippen molar-refractivity contribution < 1.29 is 14.2 Å². The Balaban J connectivity index is 2.26. The van der Waals surface area contributed by atoms with E-state index in [-0.39, 0.29) is 11.7 Å². The smallest absolute Gasteiger partial charge is 0.215 e. The molecule has 1 aliphatic heterocycles. The van der Waals surface area contributed by atoms with E-state index in [9.17, 15) is 0 Å². The molecule has 4 N–H and O–H groups in total. The summed E-state index contributed by atoms with van der Waals surface area (Å²) in [7, 11) is 1.54. The fraction of sp³-hybridized carbons (Fsp3) is 0.583. The van der Waals surface area contributed by atoms with Gasteiger partial charge in [-0.25, -0.2) is 0 Å². The van der Waals surface area contributed by atoms with Gasteiger partial charge in [-0.15, -0.1) is 0 Å². The van der Waals surface area contributed by atoms with Crippen LogP contribution in [0, 0.1) is 0 Å². The molecule has 6 heteroatoms. The highest BCUT2D eigenvalue weighted by molar-refractivity contribution is 5.65. The zero-order valence-electron chi connectivity index (χ0n) is 10.9. The van der Waals surface area contributed by atoms with Crippen molar-refractivity contribution in [2.24, 2.45) is 0 Å². The lowest BCUT2D eigenvalue weighted by molar-refractivity contribution is -0.251. The summed E-state index contributed by atoms with van der Waals surface area (Å²) in [5, 5.41) is 0. The zero-order chi connectivity index (χ0) is 13.3. The van der Waals surface area contributed by atoms with E-state index >= 15 is 0 Å². The molecule has 100 valence electrons. The molecule has 0 amide bonds. The third kappa shape index (κ3) is 2.49. The van der Waals surface area contributed by atoms with Gasteiger partial charge < -0.3 is 25.7 Å². The molecule has 1 aromatic heterocycles. The van der Waals surface area contributed by atoms with Crippen molar-refractivity contribution in [3.63, 3.8) is 0 Å². The van der Waals surface area contributed by atoms with Gasteiger partial charge in [0.15, 0.2) is 11.6 Å². The second-order valence-corrected chi connectivity index (χ2v) is 4.77. The number of ether oxygens (including phenoxy) is 3. The van der Waals surface area contributed by atoms with Crippen molar-refractivity contribution in [2.45, 2.75) is 25.6 Å². The highest BCUT2D eigenvalue weighted by Gasteiger charge is 2.30. The number of nitrogens with zero attached hydrogens (tertiary/aromatic N) is 1. The maximum Gasteiger partial charge on any atom is 0.215 e. The molecule has 1 saturated heterocycles. The van der Waals surface area contributed by atoms with Crippen LogP contribution in [0.25, 0.3) is 0 Å². The predicted octanol–water partition coefficient (Wildman–Crippen LogP) is 1.12. The predicted molar refractivity (Wildman–Crippen MR) is 68.3 cm³/mol. The van der Waals surface area contributed by atoms with Crippen molar-refractivity contribution in [1.82, 2.24) is 4.98 Å². The topological polar surface area (TPSA) is 92.6 Å². The second kappa shape index (κ2) is 4.62. The maximum absolute atomic E-state index is 5.95. The van der Waals surface area contributed by atoms with Crippen LogP contribution >= 0.6 is 0 Å². The molecule has 2 rings (SSSR count). The van der Waals surface area contributed by atoms with E-state index in [2.05, 4.69) is 4.98 Å². The summed E-state index contributed by atoms with van der Waals surface area (Å²) in [6.45, 7) is 4.83. The average Bonchev–Trinajstić information content (AvgIpc) is 2.33. The monoisotopic (exact) mass is 253 g/mol. The lowest BCUT2D eigenvalue weighted by Crippen LogP contribution is -2.38. The minimum atomic E-state index is -0.548. The Kier molecular flexibility index (Phi) is 3.32. The minimum Gasteiger partial charge on any atom is -0.481 e. The lowest BCUT2D eigenvalue weighted by atomic mass is 9.98. The molecular formula is C12H19N3O3. The van der Waals surface area contributed by atoms with Gasteiger partial charge in [0, 0.05) is 12.0 Å². The van der Waals surface area contributed by atoms with E-state index in [0.717, 1.165) is 5.56 Å². The first kappa shape index (κ1) is 12.9. The number of pyridine rings is 1. The Morgan fingerprint density at radius 2 is 1.94 bits per heavy atom. The summed E-state index contributed by atoms with van der Waals surface area (Å²) in [6, 6.07) is 1.78. The molecule has 0 saturated carbocycles. The van der Waals surface area contributed by atoms with Crippen molar-refractivity contribution in [2.75, 3.05) is 31.8 Å². The van der Waals surface area contributed by atoms with E-state index < -0.39 is 5.79 Å². The third-order valence-electron chi connectivity index (χ3n) is 3.01. The largest absolute Gasteiger partial charge is 0.481 e. The summed E-state index contributed by atoms with van der Waals surface area (Å²) in [6.07, 6.45) is 0. The van der Waals surface area contributed by atoms with Crippen LogP contribution in [0.5, 0.6) is 5.88 Å². The van der Waals surface area contributed by atoms with Gasteiger partial charge >= 0.3 is 0 Å². The molecule has 0 radical (unpaired) electrons. The lowest BCUT2D eigenvalue weighted by Gasteiger charge is -2.35. The molecule has 0 atom stereocenters. The minimum absolute atomic E-state index is 0.0391. The summed E-state index contributed by atoms with van der Waals surface area (Å²) in [5.74, 6) is 0.210. The van der Waals surface area contributed by atoms with Crippen LogP contribution in [0.4, 0.5) is 11.5 Å². The van der Waals surface area contributed by atoms with E-state index in [1.807, 2.05) is 13.8 Å². The number of methoxy groups -OCH3 is 1. The first-order valence-corrected chi connectivity index (χ1v) is 5.81. The van der Waals surface area contributed by atoms with Gasteiger partial charge in [-0.05, 0) is 19.4 Å². The molecule has 0 aliphatic carbocycles. The fourth-order valence-electron chi connectivity index (χ4n) is 1.88. The summed E-state index contributed by atoms with van der Waals surface area (Å²) in [4.78, 5) is 4.02. The number of rotatable bonds is 2. The molecule has 1 aromatic rings. The van der Waals surface area contributed by atoms with Crippen LogP contribution in [-0.2, 0) is 9.47 Å². The number of hydrogen-bond acceptors (Lipinski definition) is 6. The van der Waals surface area contributed by atoms with Crippen LogP contribution in [-0.4, -0.2) is 31.1 Å². The number of nitrogens with two attached hydrogens (primary N) is 2. The van der Waals surface area contributed by atoms with Gasteiger partial charge in [0.2, 0.25) is 5.88 Å². The molecular weight excluding hydrogens is 234 g/mol. The van der Waals surface area contributed by atoms with Crippen LogP contribution in [0.1, 0.15) is 25.3 Å². The standard InChI is InChI=1S/C12H19N3O3/c1-12(2)17-5-7(6-18-12)8-4-9(16-3)15-11(14)10(8)13/h4,7H,5-6,13H2,1-3H3,(H2,14,15). The van der Waals surface area contributed by atoms with Gasteiger partial charge in [-0.2, -0.15) is 4.98 Å². The number of anilines is 2. The maximum atomic E-state index is 5.95. The Labute approximate surface area is 106 Å². The quantitative estimate of drug-likeness (QED) is 0.820. The summed E-state index contributed by atoms with van der Waals surface area (Å²) < 4.78 is 16.3. The molecule has 18 heavy (non-hydrogen) atoms. The average molecular weight is 253 g/mol. The SMILES string of the molecule is COc1cc(C2COC(C)(C)OC2)c(N)c(N)n1.